The number of aliphatic hydroxyl groups is 2. The first-order valence-electron chi connectivity index (χ1n) is 13.1. The van der Waals surface area contributed by atoms with E-state index in [2.05, 4.69) is 4.98 Å². The van der Waals surface area contributed by atoms with Gasteiger partial charge in [-0.3, -0.25) is 4.57 Å². The number of nitrogen functional groups attached to an aromatic ring is 1. The maximum absolute atomic E-state index is 15.6. The molecule has 5 rings (SSSR count). The van der Waals surface area contributed by atoms with Crippen LogP contribution in [0, 0.1) is 0 Å². The smallest absolute Gasteiger partial charge is 0.350 e. The molecule has 0 bridgehead atoms. The largest absolute Gasteiger partial charge is 0.383 e. The van der Waals surface area contributed by atoms with Gasteiger partial charge in [0.1, 0.15) is 17.2 Å². The summed E-state index contributed by atoms with van der Waals surface area (Å²) >= 11 is 0. The van der Waals surface area contributed by atoms with Crippen molar-refractivity contribution in [1.29, 1.82) is 0 Å². The number of nitrogens with zero attached hydrogens (tertiary/aromatic N) is 2. The minimum absolute atomic E-state index is 0.0815. The molecule has 7 nitrogen and oxygen atoms in total. The lowest BCUT2D eigenvalue weighted by Gasteiger charge is -2.36. The highest BCUT2D eigenvalue weighted by atomic mass is 19.1. The van der Waals surface area contributed by atoms with Gasteiger partial charge in [-0.05, 0) is 55.0 Å². The third-order valence-corrected chi connectivity index (χ3v) is 6.54. The number of hydrogen-bond acceptors (Lipinski definition) is 6. The zero-order chi connectivity index (χ0) is 28.8. The normalized spacial score (nSPS) is 15.5. The Morgan fingerprint density at radius 2 is 1.35 bits per heavy atom. The molecule has 4 aromatic rings. The fourth-order valence-electron chi connectivity index (χ4n) is 4.82. The lowest BCUT2D eigenvalue weighted by molar-refractivity contribution is -0.127. The van der Waals surface area contributed by atoms with Gasteiger partial charge in [0.05, 0.1) is 12.6 Å². The van der Waals surface area contributed by atoms with Gasteiger partial charge in [-0.15, -0.1) is 0 Å². The van der Waals surface area contributed by atoms with Crippen LogP contribution in [0.2, 0.25) is 0 Å². The molecule has 0 amide bonds. The first-order valence-corrected chi connectivity index (χ1v) is 13.1. The van der Waals surface area contributed by atoms with Crippen LogP contribution in [0.4, 0.5) is 10.2 Å². The summed E-state index contributed by atoms with van der Waals surface area (Å²) in [6, 6.07) is 30.7. The number of nitrogens with two attached hydrogens (primary N) is 1. The van der Waals surface area contributed by atoms with Crippen LogP contribution in [0.15, 0.2) is 119 Å². The van der Waals surface area contributed by atoms with E-state index in [1.165, 1.54) is 30.7 Å². The summed E-state index contributed by atoms with van der Waals surface area (Å²) in [5, 5.41) is 16.2. The Morgan fingerprint density at radius 1 is 0.900 bits per heavy atom. The highest BCUT2D eigenvalue weighted by Crippen LogP contribution is 2.43. The zero-order valence-corrected chi connectivity index (χ0v) is 22.6. The SMILES string of the molecule is CC(C)(O)O.Nc1ccn([C@H]2CCC(COC(c3ccccc3)(c3ccccc3)c3ccccc3)=C2F)c(=O)n1. The third-order valence-electron chi connectivity index (χ3n) is 6.54. The number of benzene rings is 3. The van der Waals surface area contributed by atoms with E-state index in [4.69, 9.17) is 20.7 Å². The van der Waals surface area contributed by atoms with E-state index < -0.39 is 23.1 Å². The highest BCUT2D eigenvalue weighted by Gasteiger charge is 2.39. The predicted molar refractivity (Wildman–Crippen MR) is 153 cm³/mol. The van der Waals surface area contributed by atoms with Crippen LogP contribution in [0.1, 0.15) is 49.4 Å². The topological polar surface area (TPSA) is 111 Å². The lowest BCUT2D eigenvalue weighted by Crippen LogP contribution is -2.33. The van der Waals surface area contributed by atoms with Crippen molar-refractivity contribution in [2.75, 3.05) is 12.3 Å². The highest BCUT2D eigenvalue weighted by molar-refractivity contribution is 5.47. The van der Waals surface area contributed by atoms with E-state index in [1.807, 2.05) is 91.0 Å². The average molecular weight is 544 g/mol. The molecule has 0 radical (unpaired) electrons. The van der Waals surface area contributed by atoms with Crippen LogP contribution in [-0.2, 0) is 10.3 Å². The van der Waals surface area contributed by atoms with E-state index in [1.54, 1.807) is 0 Å². The molecule has 3 aromatic carbocycles. The van der Waals surface area contributed by atoms with Gasteiger partial charge in [0.2, 0.25) is 0 Å². The summed E-state index contributed by atoms with van der Waals surface area (Å²) in [6.07, 6.45) is 2.45. The molecule has 4 N–H and O–H groups in total. The second-order valence-electron chi connectivity index (χ2n) is 10.1. The second kappa shape index (κ2) is 12.4. The molecule has 1 aliphatic carbocycles. The zero-order valence-electron chi connectivity index (χ0n) is 22.6. The van der Waals surface area contributed by atoms with Crippen molar-refractivity contribution in [2.24, 2.45) is 0 Å². The van der Waals surface area contributed by atoms with Gasteiger partial charge in [0.25, 0.3) is 0 Å². The quantitative estimate of drug-likeness (QED) is 0.221. The third kappa shape index (κ3) is 6.71. The van der Waals surface area contributed by atoms with Crippen LogP contribution < -0.4 is 11.4 Å². The van der Waals surface area contributed by atoms with Gasteiger partial charge >= 0.3 is 5.69 Å². The van der Waals surface area contributed by atoms with Crippen LogP contribution in [-0.4, -0.2) is 32.2 Å². The second-order valence-corrected chi connectivity index (χ2v) is 10.1. The van der Waals surface area contributed by atoms with Gasteiger partial charge in [-0.2, -0.15) is 4.98 Å². The van der Waals surface area contributed by atoms with E-state index in [9.17, 15) is 4.79 Å². The predicted octanol–water partition coefficient (Wildman–Crippen LogP) is 5.10. The van der Waals surface area contributed by atoms with E-state index in [0.717, 1.165) is 16.7 Å². The number of allylic oxidation sites excluding steroid dienone is 1. The molecule has 1 aromatic heterocycles. The molecule has 0 saturated carbocycles. The molecule has 0 fully saturated rings. The number of anilines is 1. The van der Waals surface area contributed by atoms with Gasteiger partial charge in [0.15, 0.2) is 5.79 Å². The molecule has 1 atom stereocenters. The molecule has 1 heterocycles. The minimum Gasteiger partial charge on any atom is -0.383 e. The Labute approximate surface area is 233 Å². The minimum atomic E-state index is -1.50. The standard InChI is InChI=1S/C29H26FN3O2.C3H8O2/c30-27-21(16-17-25(27)33-19-18-26(31)32-28(33)34)20-35-29(22-10-4-1-5-11-22,23-12-6-2-7-13-23)24-14-8-3-9-15-24;1-3(2,4)5/h1-15,18-19,25H,16-17,20H2,(H2,31,32,34);4-5H,1-2H3/t25-;/m0./s1. The van der Waals surface area contributed by atoms with Crippen molar-refractivity contribution in [2.45, 2.75) is 44.1 Å². The summed E-state index contributed by atoms with van der Waals surface area (Å²) in [5.74, 6) is -1.72. The van der Waals surface area contributed by atoms with Crippen molar-refractivity contribution in [3.05, 3.63) is 142 Å². The molecule has 0 spiro atoms. The first-order chi connectivity index (χ1) is 19.1. The fraction of sp³-hybridized carbons (Fsp3) is 0.250. The molecule has 208 valence electrons. The van der Waals surface area contributed by atoms with Crippen molar-refractivity contribution in [3.8, 4) is 0 Å². The molecular formula is C32H34FN3O4. The maximum atomic E-state index is 15.6. The number of aromatic nitrogens is 2. The number of ether oxygens (including phenoxy) is 1. The number of halogens is 1. The summed E-state index contributed by atoms with van der Waals surface area (Å²) in [6.45, 7) is 2.68. The Kier molecular flexibility index (Phi) is 8.94. The van der Waals surface area contributed by atoms with Crippen LogP contribution in [0.25, 0.3) is 0 Å². The number of hydrogen-bond donors (Lipinski definition) is 3. The Balaban J connectivity index is 0.000000681. The van der Waals surface area contributed by atoms with E-state index >= 15 is 4.39 Å². The van der Waals surface area contributed by atoms with E-state index in [0.29, 0.717) is 18.4 Å². The van der Waals surface area contributed by atoms with Gasteiger partial charge in [-0.25, -0.2) is 9.18 Å². The molecule has 8 heteroatoms. The van der Waals surface area contributed by atoms with Gasteiger partial charge in [-0.1, -0.05) is 91.0 Å². The monoisotopic (exact) mass is 543 g/mol. The van der Waals surface area contributed by atoms with E-state index in [-0.39, 0.29) is 18.3 Å². The molecule has 0 saturated heterocycles. The first kappa shape index (κ1) is 28.9. The van der Waals surface area contributed by atoms with Crippen molar-refractivity contribution < 1.29 is 19.3 Å². The van der Waals surface area contributed by atoms with Crippen LogP contribution >= 0.6 is 0 Å². The van der Waals surface area contributed by atoms with Gasteiger partial charge < -0.3 is 20.7 Å². The Hall–Kier alpha value is -4.11. The van der Waals surface area contributed by atoms with Crippen molar-refractivity contribution >= 4 is 5.82 Å². The fourth-order valence-corrected chi connectivity index (χ4v) is 4.82. The summed E-state index contributed by atoms with van der Waals surface area (Å²) in [4.78, 5) is 16.0. The van der Waals surface area contributed by atoms with Crippen molar-refractivity contribution in [1.82, 2.24) is 9.55 Å². The average Bonchev–Trinajstić information content (AvgIpc) is 3.30. The Morgan fingerprint density at radius 3 is 1.77 bits per heavy atom. The molecule has 0 unspecified atom stereocenters. The number of rotatable bonds is 7. The van der Waals surface area contributed by atoms with Crippen LogP contribution in [0.3, 0.4) is 0 Å². The van der Waals surface area contributed by atoms with Crippen molar-refractivity contribution in [3.63, 3.8) is 0 Å². The Bertz CT molecular complexity index is 1380. The molecule has 40 heavy (non-hydrogen) atoms. The molecular weight excluding hydrogens is 509 g/mol. The molecule has 0 aliphatic heterocycles. The molecule has 1 aliphatic rings. The maximum Gasteiger partial charge on any atom is 0.350 e. The summed E-state index contributed by atoms with van der Waals surface area (Å²) in [5.41, 5.74) is 7.51. The van der Waals surface area contributed by atoms with Crippen LogP contribution in [0.5, 0.6) is 0 Å². The summed E-state index contributed by atoms with van der Waals surface area (Å²) < 4.78 is 23.6. The lowest BCUT2D eigenvalue weighted by atomic mass is 9.80. The van der Waals surface area contributed by atoms with Gasteiger partial charge in [0, 0.05) is 6.20 Å². The summed E-state index contributed by atoms with van der Waals surface area (Å²) in [7, 11) is 0.